The van der Waals surface area contributed by atoms with Gasteiger partial charge in [0.2, 0.25) is 0 Å². The molecule has 2 unspecified atom stereocenters. The first-order chi connectivity index (χ1) is 13.7. The van der Waals surface area contributed by atoms with Crippen molar-refractivity contribution in [3.05, 3.63) is 11.6 Å². The largest absolute Gasteiger partial charge is 0.393 e. The zero-order valence-electron chi connectivity index (χ0n) is 19.5. The van der Waals surface area contributed by atoms with Gasteiger partial charge in [-0.15, -0.1) is 0 Å². The average Bonchev–Trinajstić information content (AvgIpc) is 3.00. The Morgan fingerprint density at radius 3 is 2.52 bits per heavy atom. The second-order valence-corrected chi connectivity index (χ2v) is 12.2. The van der Waals surface area contributed by atoms with E-state index in [2.05, 4.69) is 34.6 Å². The highest BCUT2D eigenvalue weighted by molar-refractivity contribution is 5.94. The van der Waals surface area contributed by atoms with Gasteiger partial charge in [-0.1, -0.05) is 59.5 Å². The van der Waals surface area contributed by atoms with Gasteiger partial charge in [0.1, 0.15) is 0 Å². The highest BCUT2D eigenvalue weighted by Gasteiger charge is 2.61. The van der Waals surface area contributed by atoms with E-state index in [1.807, 2.05) is 6.08 Å². The number of aliphatic hydroxyl groups excluding tert-OH is 1. The molecule has 29 heavy (non-hydrogen) atoms. The lowest BCUT2D eigenvalue weighted by Gasteiger charge is -2.57. The summed E-state index contributed by atoms with van der Waals surface area (Å²) < 4.78 is 0. The number of rotatable bonds is 5. The zero-order valence-corrected chi connectivity index (χ0v) is 19.5. The van der Waals surface area contributed by atoms with E-state index in [4.69, 9.17) is 0 Å². The number of aliphatic hydroxyl groups is 1. The minimum Gasteiger partial charge on any atom is -0.393 e. The van der Waals surface area contributed by atoms with Gasteiger partial charge in [-0.05, 0) is 91.4 Å². The molecule has 4 aliphatic rings. The summed E-state index contributed by atoms with van der Waals surface area (Å²) in [7, 11) is 0. The molecule has 0 saturated heterocycles. The van der Waals surface area contributed by atoms with Crippen molar-refractivity contribution < 1.29 is 9.90 Å². The van der Waals surface area contributed by atoms with E-state index in [0.717, 1.165) is 37.0 Å². The third kappa shape index (κ3) is 3.56. The van der Waals surface area contributed by atoms with Crippen LogP contribution in [0.5, 0.6) is 0 Å². The summed E-state index contributed by atoms with van der Waals surface area (Å²) in [6.07, 6.45) is 13.6. The van der Waals surface area contributed by atoms with E-state index >= 15 is 0 Å². The maximum atomic E-state index is 13.4. The SMILES string of the molecule is CC(C)CCCC(C)[C@H]1CC[C@H]2[C@@H]3C(=O)C=C4CC(O)CC[C@]4(C)[C@H]3CC[C@]12C. The molecule has 0 heterocycles. The molecule has 0 spiro atoms. The predicted molar refractivity (Wildman–Crippen MR) is 119 cm³/mol. The summed E-state index contributed by atoms with van der Waals surface area (Å²) >= 11 is 0. The van der Waals surface area contributed by atoms with Crippen LogP contribution in [-0.4, -0.2) is 17.0 Å². The van der Waals surface area contributed by atoms with Gasteiger partial charge in [0.25, 0.3) is 0 Å². The molecule has 0 aromatic rings. The molecule has 2 heteroatoms. The number of hydrogen-bond donors (Lipinski definition) is 1. The number of ketones is 1. The Kier molecular flexibility index (Phi) is 5.82. The fourth-order valence-corrected chi connectivity index (χ4v) is 8.41. The van der Waals surface area contributed by atoms with Gasteiger partial charge in [-0.2, -0.15) is 0 Å². The average molecular weight is 401 g/mol. The number of fused-ring (bicyclic) bond motifs is 5. The van der Waals surface area contributed by atoms with Crippen LogP contribution in [-0.2, 0) is 4.79 Å². The second-order valence-electron chi connectivity index (χ2n) is 12.2. The van der Waals surface area contributed by atoms with Gasteiger partial charge in [0.05, 0.1) is 6.10 Å². The van der Waals surface area contributed by atoms with E-state index < -0.39 is 0 Å². The molecule has 164 valence electrons. The van der Waals surface area contributed by atoms with E-state index in [0.29, 0.717) is 23.0 Å². The van der Waals surface area contributed by atoms with Crippen LogP contribution in [0.3, 0.4) is 0 Å². The Bertz CT molecular complexity index is 663. The van der Waals surface area contributed by atoms with Crippen molar-refractivity contribution in [2.24, 2.45) is 46.3 Å². The highest BCUT2D eigenvalue weighted by atomic mass is 16.3. The first-order valence-electron chi connectivity index (χ1n) is 12.6. The van der Waals surface area contributed by atoms with Crippen LogP contribution >= 0.6 is 0 Å². The Morgan fingerprint density at radius 1 is 1.03 bits per heavy atom. The molecule has 1 N–H and O–H groups in total. The van der Waals surface area contributed by atoms with Crippen molar-refractivity contribution in [1.29, 1.82) is 0 Å². The number of allylic oxidation sites excluding steroid dienone is 1. The van der Waals surface area contributed by atoms with Crippen molar-refractivity contribution in [2.45, 2.75) is 105 Å². The third-order valence-electron chi connectivity index (χ3n) is 10.1. The topological polar surface area (TPSA) is 37.3 Å². The Morgan fingerprint density at radius 2 is 1.79 bits per heavy atom. The van der Waals surface area contributed by atoms with Crippen LogP contribution in [0.15, 0.2) is 11.6 Å². The predicted octanol–water partition coefficient (Wildman–Crippen LogP) is 6.57. The fraction of sp³-hybridized carbons (Fsp3) is 0.889. The summed E-state index contributed by atoms with van der Waals surface area (Å²) in [6, 6.07) is 0. The normalized spacial score (nSPS) is 45.4. The number of carbonyl (C=O) groups is 1. The maximum Gasteiger partial charge on any atom is 0.159 e. The number of hydrogen-bond acceptors (Lipinski definition) is 2. The fourth-order valence-electron chi connectivity index (χ4n) is 8.41. The van der Waals surface area contributed by atoms with Crippen LogP contribution in [0.4, 0.5) is 0 Å². The van der Waals surface area contributed by atoms with Crippen molar-refractivity contribution in [1.82, 2.24) is 0 Å². The van der Waals surface area contributed by atoms with E-state index in [-0.39, 0.29) is 17.4 Å². The van der Waals surface area contributed by atoms with Gasteiger partial charge < -0.3 is 5.11 Å². The van der Waals surface area contributed by atoms with Gasteiger partial charge >= 0.3 is 0 Å². The van der Waals surface area contributed by atoms with Gasteiger partial charge in [0.15, 0.2) is 5.78 Å². The Labute approximate surface area is 178 Å². The summed E-state index contributed by atoms with van der Waals surface area (Å²) in [5.74, 6) is 4.11. The summed E-state index contributed by atoms with van der Waals surface area (Å²) in [5, 5.41) is 10.2. The standard InChI is InChI=1S/C27H44O2/c1-17(2)7-6-8-18(3)21-9-10-22-25-23(12-14-27(21,22)5)26(4)13-11-20(28)15-19(26)16-24(25)29/h16-18,20-23,25,28H,6-15H2,1-5H3/t18?,20?,21-,22+,23+,25+,26+,27-/m1/s1. The Hall–Kier alpha value is -0.630. The molecule has 3 saturated carbocycles. The lowest BCUT2D eigenvalue weighted by molar-refractivity contribution is -0.135. The quantitative estimate of drug-likeness (QED) is 0.567. The van der Waals surface area contributed by atoms with E-state index in [9.17, 15) is 9.90 Å². The maximum absolute atomic E-state index is 13.4. The van der Waals surface area contributed by atoms with Crippen molar-refractivity contribution in [3.8, 4) is 0 Å². The molecule has 4 rings (SSSR count). The lowest BCUT2D eigenvalue weighted by Crippen LogP contribution is -2.53. The molecule has 0 radical (unpaired) electrons. The van der Waals surface area contributed by atoms with Crippen LogP contribution in [0.1, 0.15) is 98.8 Å². The minimum absolute atomic E-state index is 0.153. The van der Waals surface area contributed by atoms with Crippen LogP contribution in [0, 0.1) is 46.3 Å². The Balaban J connectivity index is 1.54. The zero-order chi connectivity index (χ0) is 21.0. The molecular formula is C27H44O2. The van der Waals surface area contributed by atoms with Crippen LogP contribution in [0.25, 0.3) is 0 Å². The lowest BCUT2D eigenvalue weighted by atomic mass is 9.46. The van der Waals surface area contributed by atoms with Crippen LogP contribution < -0.4 is 0 Å². The third-order valence-corrected chi connectivity index (χ3v) is 10.1. The van der Waals surface area contributed by atoms with Gasteiger partial charge in [-0.3, -0.25) is 4.79 Å². The smallest absolute Gasteiger partial charge is 0.159 e. The first kappa shape index (κ1) is 21.6. The van der Waals surface area contributed by atoms with Gasteiger partial charge in [0, 0.05) is 5.92 Å². The summed E-state index contributed by atoms with van der Waals surface area (Å²) in [5.41, 5.74) is 1.77. The molecule has 0 aromatic heterocycles. The van der Waals surface area contributed by atoms with E-state index in [1.54, 1.807) is 0 Å². The monoisotopic (exact) mass is 400 g/mol. The van der Waals surface area contributed by atoms with Gasteiger partial charge in [-0.25, -0.2) is 0 Å². The van der Waals surface area contributed by atoms with Crippen molar-refractivity contribution in [2.75, 3.05) is 0 Å². The minimum atomic E-state index is -0.241. The summed E-state index contributed by atoms with van der Waals surface area (Å²) in [4.78, 5) is 13.4. The first-order valence-corrected chi connectivity index (χ1v) is 12.6. The summed E-state index contributed by atoms with van der Waals surface area (Å²) in [6.45, 7) is 12.1. The molecule has 0 amide bonds. The van der Waals surface area contributed by atoms with Crippen molar-refractivity contribution in [3.63, 3.8) is 0 Å². The second kappa shape index (κ2) is 7.81. The van der Waals surface area contributed by atoms with Crippen molar-refractivity contribution >= 4 is 5.78 Å². The molecule has 2 nitrogen and oxygen atoms in total. The highest BCUT2D eigenvalue weighted by Crippen LogP contribution is 2.66. The van der Waals surface area contributed by atoms with E-state index in [1.165, 1.54) is 50.5 Å². The number of carbonyl (C=O) groups excluding carboxylic acids is 1. The van der Waals surface area contributed by atoms with Crippen LogP contribution in [0.2, 0.25) is 0 Å². The molecule has 8 atom stereocenters. The molecule has 3 fully saturated rings. The molecule has 0 aliphatic heterocycles. The molecule has 0 aromatic carbocycles. The molecule has 4 aliphatic carbocycles. The molecule has 0 bridgehead atoms. The molecular weight excluding hydrogens is 356 g/mol.